The number of rotatable bonds is 5. The zero-order valence-corrected chi connectivity index (χ0v) is 14.6. The number of hydrogen-bond donors (Lipinski definition) is 2. The molecule has 2 fully saturated rings. The Kier molecular flexibility index (Phi) is 7.77. The van der Waals surface area contributed by atoms with Crippen molar-refractivity contribution in [1.29, 1.82) is 0 Å². The zero-order valence-electron chi connectivity index (χ0n) is 13.0. The molecule has 1 aromatic carbocycles. The number of hydrogen-bond acceptors (Lipinski definition) is 4. The number of benzene rings is 1. The Morgan fingerprint density at radius 2 is 1.95 bits per heavy atom. The molecule has 6 heteroatoms. The van der Waals surface area contributed by atoms with Gasteiger partial charge in [-0.15, -0.1) is 24.8 Å². The van der Waals surface area contributed by atoms with Gasteiger partial charge in [-0.3, -0.25) is 4.90 Å². The minimum atomic E-state index is 0. The van der Waals surface area contributed by atoms with Crippen LogP contribution in [0.5, 0.6) is 11.5 Å². The van der Waals surface area contributed by atoms with E-state index in [1.165, 1.54) is 12.8 Å². The van der Waals surface area contributed by atoms with Gasteiger partial charge >= 0.3 is 0 Å². The molecule has 1 saturated heterocycles. The van der Waals surface area contributed by atoms with Crippen LogP contribution in [-0.4, -0.2) is 43.3 Å². The Balaban J connectivity index is 0.00000121. The van der Waals surface area contributed by atoms with Crippen LogP contribution in [0.15, 0.2) is 18.2 Å². The first-order valence-electron chi connectivity index (χ1n) is 7.60. The molecule has 1 atom stereocenters. The second kappa shape index (κ2) is 8.82. The van der Waals surface area contributed by atoms with E-state index >= 15 is 0 Å². The third-order valence-corrected chi connectivity index (χ3v) is 4.44. The van der Waals surface area contributed by atoms with Gasteiger partial charge in [-0.2, -0.15) is 0 Å². The van der Waals surface area contributed by atoms with E-state index in [1.54, 1.807) is 13.2 Å². The van der Waals surface area contributed by atoms with Crippen LogP contribution in [0.3, 0.4) is 0 Å². The second-order valence-corrected chi connectivity index (χ2v) is 5.87. The van der Waals surface area contributed by atoms with Crippen molar-refractivity contribution in [1.82, 2.24) is 10.2 Å². The number of phenolic OH excluding ortho intramolecular Hbond substituents is 1. The molecule has 0 bridgehead atoms. The number of halogens is 2. The normalized spacial score (nSPS) is 19.7. The van der Waals surface area contributed by atoms with Crippen molar-refractivity contribution in [3.8, 4) is 11.5 Å². The highest BCUT2D eigenvalue weighted by Crippen LogP contribution is 2.45. The van der Waals surface area contributed by atoms with Gasteiger partial charge in [0.25, 0.3) is 0 Å². The van der Waals surface area contributed by atoms with Gasteiger partial charge in [0.15, 0.2) is 0 Å². The number of aromatic hydroxyl groups is 1. The SMILES string of the molecule is COc1cccc(O)c1[C@@H](CC1CC1)N1CCNCC1.Cl.Cl. The Morgan fingerprint density at radius 3 is 2.55 bits per heavy atom. The summed E-state index contributed by atoms with van der Waals surface area (Å²) >= 11 is 0. The summed E-state index contributed by atoms with van der Waals surface area (Å²) in [6.45, 7) is 4.12. The monoisotopic (exact) mass is 348 g/mol. The molecule has 1 aliphatic heterocycles. The average molecular weight is 349 g/mol. The minimum absolute atomic E-state index is 0. The van der Waals surface area contributed by atoms with E-state index in [1.807, 2.05) is 12.1 Å². The van der Waals surface area contributed by atoms with Gasteiger partial charge in [0.2, 0.25) is 0 Å². The smallest absolute Gasteiger partial charge is 0.127 e. The molecule has 4 nitrogen and oxygen atoms in total. The number of piperazine rings is 1. The van der Waals surface area contributed by atoms with Gasteiger partial charge in [0, 0.05) is 32.2 Å². The molecule has 1 saturated carbocycles. The largest absolute Gasteiger partial charge is 0.507 e. The number of phenols is 1. The number of methoxy groups -OCH3 is 1. The predicted molar refractivity (Wildman–Crippen MR) is 93.7 cm³/mol. The summed E-state index contributed by atoms with van der Waals surface area (Å²) in [6, 6.07) is 5.86. The fraction of sp³-hybridized carbons (Fsp3) is 0.625. The Labute approximate surface area is 145 Å². The first-order chi connectivity index (χ1) is 9.79. The lowest BCUT2D eigenvalue weighted by Gasteiger charge is -2.36. The van der Waals surface area contributed by atoms with Crippen LogP contribution >= 0.6 is 24.8 Å². The standard InChI is InChI=1S/C16H24N2O2.2ClH/c1-20-15-4-2-3-14(19)16(15)13(11-12-5-6-12)18-9-7-17-8-10-18;;/h2-4,12-13,17,19H,5-11H2,1H3;2*1H/t13-;;/m1../s1. The maximum atomic E-state index is 10.3. The van der Waals surface area contributed by atoms with Gasteiger partial charge in [-0.1, -0.05) is 18.9 Å². The molecule has 2 N–H and O–H groups in total. The second-order valence-electron chi connectivity index (χ2n) is 5.87. The van der Waals surface area contributed by atoms with Gasteiger partial charge in [-0.05, 0) is 24.5 Å². The molecule has 1 aliphatic carbocycles. The van der Waals surface area contributed by atoms with Crippen molar-refractivity contribution >= 4 is 24.8 Å². The van der Waals surface area contributed by atoms with E-state index in [4.69, 9.17) is 4.74 Å². The van der Waals surface area contributed by atoms with E-state index < -0.39 is 0 Å². The van der Waals surface area contributed by atoms with Crippen molar-refractivity contribution in [2.24, 2.45) is 5.92 Å². The summed E-state index contributed by atoms with van der Waals surface area (Å²) in [6.07, 6.45) is 3.80. The Bertz CT molecular complexity index is 463. The molecule has 3 rings (SSSR count). The van der Waals surface area contributed by atoms with E-state index in [-0.39, 0.29) is 30.9 Å². The molecule has 0 amide bonds. The highest BCUT2D eigenvalue weighted by atomic mass is 35.5. The van der Waals surface area contributed by atoms with E-state index in [2.05, 4.69) is 10.2 Å². The molecule has 0 unspecified atom stereocenters. The van der Waals surface area contributed by atoms with Crippen LogP contribution in [0.25, 0.3) is 0 Å². The van der Waals surface area contributed by atoms with E-state index in [9.17, 15) is 5.11 Å². The molecule has 0 aromatic heterocycles. The summed E-state index contributed by atoms with van der Waals surface area (Å²) in [4.78, 5) is 2.49. The average Bonchev–Trinajstić information content (AvgIpc) is 3.30. The third-order valence-electron chi connectivity index (χ3n) is 4.44. The lowest BCUT2D eigenvalue weighted by molar-refractivity contribution is 0.155. The van der Waals surface area contributed by atoms with Gasteiger partial charge in [0.1, 0.15) is 11.5 Å². The summed E-state index contributed by atoms with van der Waals surface area (Å²) < 4.78 is 5.50. The van der Waals surface area contributed by atoms with Crippen molar-refractivity contribution in [2.75, 3.05) is 33.3 Å². The molecule has 22 heavy (non-hydrogen) atoms. The van der Waals surface area contributed by atoms with Gasteiger partial charge in [-0.25, -0.2) is 0 Å². The molecular weight excluding hydrogens is 323 g/mol. The minimum Gasteiger partial charge on any atom is -0.507 e. The maximum Gasteiger partial charge on any atom is 0.127 e. The van der Waals surface area contributed by atoms with Crippen LogP contribution in [0, 0.1) is 5.92 Å². The Morgan fingerprint density at radius 1 is 1.27 bits per heavy atom. The number of nitrogens with one attached hydrogen (secondary N) is 1. The lowest BCUT2D eigenvalue weighted by atomic mass is 9.96. The summed E-state index contributed by atoms with van der Waals surface area (Å²) in [5, 5.41) is 13.7. The summed E-state index contributed by atoms with van der Waals surface area (Å²) in [5.74, 6) is 2.00. The number of ether oxygens (including phenoxy) is 1. The van der Waals surface area contributed by atoms with Crippen LogP contribution in [0.4, 0.5) is 0 Å². The molecule has 1 aromatic rings. The van der Waals surface area contributed by atoms with Gasteiger partial charge in [0.05, 0.1) is 12.7 Å². The fourth-order valence-corrected chi connectivity index (χ4v) is 3.16. The highest BCUT2D eigenvalue weighted by Gasteiger charge is 2.33. The van der Waals surface area contributed by atoms with Crippen LogP contribution < -0.4 is 10.1 Å². The lowest BCUT2D eigenvalue weighted by Crippen LogP contribution is -2.45. The van der Waals surface area contributed by atoms with Crippen molar-refractivity contribution in [3.63, 3.8) is 0 Å². The molecule has 1 heterocycles. The van der Waals surface area contributed by atoms with Crippen LogP contribution in [0.1, 0.15) is 30.9 Å². The molecule has 0 spiro atoms. The third kappa shape index (κ3) is 4.42. The summed E-state index contributed by atoms with van der Waals surface area (Å²) in [7, 11) is 1.68. The van der Waals surface area contributed by atoms with Crippen LogP contribution in [0.2, 0.25) is 0 Å². The molecule has 0 radical (unpaired) electrons. The number of nitrogens with zero attached hydrogens (tertiary/aromatic N) is 1. The highest BCUT2D eigenvalue weighted by molar-refractivity contribution is 5.85. The van der Waals surface area contributed by atoms with E-state index in [0.717, 1.165) is 49.8 Å². The van der Waals surface area contributed by atoms with Crippen molar-refractivity contribution < 1.29 is 9.84 Å². The Hall–Kier alpha value is -0.680. The quantitative estimate of drug-likeness (QED) is 0.858. The van der Waals surface area contributed by atoms with Crippen molar-refractivity contribution in [3.05, 3.63) is 23.8 Å². The first kappa shape index (κ1) is 19.4. The van der Waals surface area contributed by atoms with Crippen LogP contribution in [-0.2, 0) is 0 Å². The maximum absolute atomic E-state index is 10.3. The molecule has 2 aliphatic rings. The van der Waals surface area contributed by atoms with Gasteiger partial charge < -0.3 is 15.2 Å². The molecule has 126 valence electrons. The molecular formula is C16H26Cl2N2O2. The first-order valence-corrected chi connectivity index (χ1v) is 7.60. The van der Waals surface area contributed by atoms with E-state index in [0.29, 0.717) is 5.75 Å². The summed E-state index contributed by atoms with van der Waals surface area (Å²) in [5.41, 5.74) is 0.976. The fourth-order valence-electron chi connectivity index (χ4n) is 3.16. The van der Waals surface area contributed by atoms with Crippen molar-refractivity contribution in [2.45, 2.75) is 25.3 Å². The topological polar surface area (TPSA) is 44.7 Å². The predicted octanol–water partition coefficient (Wildman–Crippen LogP) is 2.99. The zero-order chi connectivity index (χ0) is 13.9.